The van der Waals surface area contributed by atoms with Crippen LogP contribution in [0.25, 0.3) is 10.6 Å². The number of hydrogen-bond acceptors (Lipinski definition) is 9. The number of piperidine rings is 1. The smallest absolute Gasteiger partial charge is 0.410 e. The summed E-state index contributed by atoms with van der Waals surface area (Å²) in [5, 5.41) is 13.2. The zero-order valence-corrected chi connectivity index (χ0v) is 26.9. The van der Waals surface area contributed by atoms with Crippen LogP contribution in [0.1, 0.15) is 49.7 Å². The predicted octanol–water partition coefficient (Wildman–Crippen LogP) is 7.18. The van der Waals surface area contributed by atoms with Gasteiger partial charge >= 0.3 is 6.09 Å². The van der Waals surface area contributed by atoms with E-state index in [2.05, 4.69) is 25.4 Å². The lowest BCUT2D eigenvalue weighted by molar-refractivity contribution is 0.0269. The summed E-state index contributed by atoms with van der Waals surface area (Å²) in [4.78, 5) is 34.5. The lowest BCUT2D eigenvalue weighted by Gasteiger charge is -2.38. The lowest BCUT2D eigenvalue weighted by atomic mass is 9.96. The molecule has 3 heterocycles. The molecule has 236 valence electrons. The van der Waals surface area contributed by atoms with Crippen LogP contribution in [0.5, 0.6) is 11.5 Å². The number of carbonyl (C=O) groups excluding carboxylic acids is 2. The maximum atomic E-state index is 13.5. The SMILES string of the molecule is Cc1c(Oc2ccc(F)cc2)ccc(NC(=O)c2csc(-c3ccnnc3)n2)c1N1CCC[C@@H](CN(C)C(=O)OC(C)(C)C)C1. The van der Waals surface area contributed by atoms with Gasteiger partial charge in [0.2, 0.25) is 0 Å². The first kappa shape index (κ1) is 31.8. The van der Waals surface area contributed by atoms with E-state index in [9.17, 15) is 14.0 Å². The fourth-order valence-electron chi connectivity index (χ4n) is 5.26. The topological polar surface area (TPSA) is 110 Å². The molecule has 45 heavy (non-hydrogen) atoms. The van der Waals surface area contributed by atoms with Gasteiger partial charge in [-0.05, 0) is 88.9 Å². The average molecular weight is 633 g/mol. The normalized spacial score (nSPS) is 15.0. The standard InChI is InChI=1S/C33H37FN6O4S/c1-21-28(43-25-10-8-24(34)9-11-25)13-12-26(37-30(41)27-20-45-31(38-27)23-14-15-35-36-17-23)29(21)40-16-6-7-22(19-40)18-39(5)32(42)44-33(2,3)4/h8-15,17,20,22H,6-7,16,18-19H2,1-5H3,(H,37,41)/t22-/m0/s1. The fourth-order valence-corrected chi connectivity index (χ4v) is 6.05. The van der Waals surface area contributed by atoms with Gasteiger partial charge in [-0.1, -0.05) is 0 Å². The van der Waals surface area contributed by atoms with Crippen molar-refractivity contribution in [2.45, 2.75) is 46.1 Å². The number of aromatic nitrogens is 3. The van der Waals surface area contributed by atoms with Gasteiger partial charge in [0.05, 0.1) is 23.8 Å². The second kappa shape index (κ2) is 13.6. The number of thiazole rings is 1. The van der Waals surface area contributed by atoms with E-state index in [-0.39, 0.29) is 29.4 Å². The Morgan fingerprint density at radius 2 is 1.91 bits per heavy atom. The molecule has 12 heteroatoms. The van der Waals surface area contributed by atoms with Gasteiger partial charge in [0.15, 0.2) is 0 Å². The summed E-state index contributed by atoms with van der Waals surface area (Å²) < 4.78 is 25.3. The quantitative estimate of drug-likeness (QED) is 0.218. The number of halogens is 1. The number of amides is 2. The molecule has 1 fully saturated rings. The van der Waals surface area contributed by atoms with E-state index in [4.69, 9.17) is 9.47 Å². The molecule has 1 N–H and O–H groups in total. The molecule has 0 radical (unpaired) electrons. The van der Waals surface area contributed by atoms with Crippen LogP contribution in [-0.2, 0) is 4.74 Å². The van der Waals surface area contributed by atoms with E-state index in [1.165, 1.54) is 23.5 Å². The first-order valence-electron chi connectivity index (χ1n) is 14.8. The number of carbonyl (C=O) groups is 2. The zero-order valence-electron chi connectivity index (χ0n) is 26.0. The number of rotatable bonds is 8. The molecular weight excluding hydrogens is 595 g/mol. The molecule has 10 nitrogen and oxygen atoms in total. The van der Waals surface area contributed by atoms with E-state index in [0.29, 0.717) is 35.3 Å². The highest BCUT2D eigenvalue weighted by Gasteiger charge is 2.28. The van der Waals surface area contributed by atoms with Crippen LogP contribution in [0.2, 0.25) is 0 Å². The predicted molar refractivity (Wildman–Crippen MR) is 173 cm³/mol. The fraction of sp³-hybridized carbons (Fsp3) is 0.364. The third kappa shape index (κ3) is 8.13. The Morgan fingerprint density at radius 3 is 2.62 bits per heavy atom. The second-order valence-electron chi connectivity index (χ2n) is 12.1. The second-order valence-corrected chi connectivity index (χ2v) is 12.9. The van der Waals surface area contributed by atoms with Crippen LogP contribution < -0.4 is 15.0 Å². The Bertz CT molecular complexity index is 1640. The first-order valence-corrected chi connectivity index (χ1v) is 15.6. The minimum atomic E-state index is -0.577. The van der Waals surface area contributed by atoms with E-state index < -0.39 is 5.60 Å². The van der Waals surface area contributed by atoms with Crippen molar-refractivity contribution in [1.82, 2.24) is 20.1 Å². The minimum absolute atomic E-state index is 0.177. The van der Waals surface area contributed by atoms with Crippen LogP contribution in [-0.4, -0.2) is 64.4 Å². The maximum Gasteiger partial charge on any atom is 0.410 e. The number of nitrogens with zero attached hydrogens (tertiary/aromatic N) is 5. The van der Waals surface area contributed by atoms with E-state index in [1.54, 1.807) is 54.0 Å². The van der Waals surface area contributed by atoms with Gasteiger partial charge in [-0.2, -0.15) is 10.2 Å². The molecule has 2 aromatic carbocycles. The minimum Gasteiger partial charge on any atom is -0.457 e. The molecule has 0 bridgehead atoms. The van der Waals surface area contributed by atoms with Crippen molar-refractivity contribution in [3.05, 3.63) is 77.3 Å². The zero-order chi connectivity index (χ0) is 32.1. The van der Waals surface area contributed by atoms with E-state index in [0.717, 1.165) is 36.2 Å². The van der Waals surface area contributed by atoms with Crippen LogP contribution in [0.3, 0.4) is 0 Å². The number of ether oxygens (including phenoxy) is 2. The average Bonchev–Trinajstić information content (AvgIpc) is 3.50. The monoisotopic (exact) mass is 632 g/mol. The highest BCUT2D eigenvalue weighted by Crippen LogP contribution is 2.40. The summed E-state index contributed by atoms with van der Waals surface area (Å²) in [5.74, 6) is 0.572. The summed E-state index contributed by atoms with van der Waals surface area (Å²) in [6, 6.07) is 11.3. The van der Waals surface area contributed by atoms with Gasteiger partial charge in [-0.3, -0.25) is 4.79 Å². The Kier molecular flexibility index (Phi) is 9.62. The van der Waals surface area contributed by atoms with Gasteiger partial charge in [-0.25, -0.2) is 14.2 Å². The number of nitrogens with one attached hydrogen (secondary N) is 1. The Balaban J connectivity index is 1.41. The molecule has 4 aromatic rings. The molecule has 1 atom stereocenters. The van der Waals surface area contributed by atoms with Crippen LogP contribution in [0.15, 0.2) is 60.2 Å². The highest BCUT2D eigenvalue weighted by molar-refractivity contribution is 7.13. The van der Waals surface area contributed by atoms with Gasteiger partial charge in [0, 0.05) is 43.2 Å². The third-order valence-electron chi connectivity index (χ3n) is 7.31. The molecule has 0 spiro atoms. The van der Waals surface area contributed by atoms with Crippen molar-refractivity contribution in [1.29, 1.82) is 0 Å². The summed E-state index contributed by atoms with van der Waals surface area (Å²) in [5.41, 5.74) is 2.75. The molecule has 5 rings (SSSR count). The maximum absolute atomic E-state index is 13.5. The molecule has 1 saturated heterocycles. The summed E-state index contributed by atoms with van der Waals surface area (Å²) in [6.07, 6.45) is 4.68. The van der Waals surface area contributed by atoms with Crippen molar-refractivity contribution < 1.29 is 23.5 Å². The van der Waals surface area contributed by atoms with Gasteiger partial charge in [0.25, 0.3) is 5.91 Å². The van der Waals surface area contributed by atoms with Crippen molar-refractivity contribution in [2.24, 2.45) is 5.92 Å². The summed E-state index contributed by atoms with van der Waals surface area (Å²) in [7, 11) is 1.76. The van der Waals surface area contributed by atoms with Gasteiger partial charge < -0.3 is 24.6 Å². The molecular formula is C33H37FN6O4S. The largest absolute Gasteiger partial charge is 0.457 e. The Hall–Kier alpha value is -4.58. The van der Waals surface area contributed by atoms with Crippen LogP contribution in [0.4, 0.5) is 20.6 Å². The number of hydrogen-bond donors (Lipinski definition) is 1. The molecule has 0 aliphatic carbocycles. The van der Waals surface area contributed by atoms with Crippen molar-refractivity contribution in [3.8, 4) is 22.1 Å². The van der Waals surface area contributed by atoms with Crippen LogP contribution >= 0.6 is 11.3 Å². The molecule has 0 saturated carbocycles. The molecule has 1 aliphatic rings. The number of anilines is 2. The van der Waals surface area contributed by atoms with E-state index >= 15 is 0 Å². The summed E-state index contributed by atoms with van der Waals surface area (Å²) >= 11 is 1.35. The third-order valence-corrected chi connectivity index (χ3v) is 8.20. The van der Waals surface area contributed by atoms with Gasteiger partial charge in [-0.15, -0.1) is 11.3 Å². The van der Waals surface area contributed by atoms with Crippen molar-refractivity contribution in [2.75, 3.05) is 36.9 Å². The number of benzene rings is 2. The summed E-state index contributed by atoms with van der Waals surface area (Å²) in [6.45, 7) is 9.44. The molecule has 1 aliphatic heterocycles. The van der Waals surface area contributed by atoms with Gasteiger partial charge in [0.1, 0.15) is 33.6 Å². The Morgan fingerprint density at radius 1 is 1.13 bits per heavy atom. The van der Waals surface area contributed by atoms with Crippen LogP contribution in [0, 0.1) is 18.7 Å². The first-order chi connectivity index (χ1) is 21.5. The molecule has 2 aromatic heterocycles. The molecule has 0 unspecified atom stereocenters. The van der Waals surface area contributed by atoms with E-state index in [1.807, 2.05) is 33.8 Å². The lowest BCUT2D eigenvalue weighted by Crippen LogP contribution is -2.43. The van der Waals surface area contributed by atoms with Crippen molar-refractivity contribution in [3.63, 3.8) is 0 Å². The highest BCUT2D eigenvalue weighted by atomic mass is 32.1. The Labute approximate surface area is 266 Å². The van der Waals surface area contributed by atoms with Crippen molar-refractivity contribution >= 4 is 34.7 Å². The molecule has 2 amide bonds.